The van der Waals surface area contributed by atoms with Crippen molar-refractivity contribution >= 4 is 5.91 Å². The van der Waals surface area contributed by atoms with Gasteiger partial charge in [0.2, 0.25) is 0 Å². The minimum absolute atomic E-state index is 0.301. The molecule has 0 aromatic heterocycles. The summed E-state index contributed by atoms with van der Waals surface area (Å²) in [5.74, 6) is -0.619. The number of ether oxygens (including phenoxy) is 1. The molecule has 74 valence electrons. The maximum Gasteiger partial charge on any atom is 0.250 e. The molecular formula is C8H14N2O3. The van der Waals surface area contributed by atoms with Gasteiger partial charge in [0.05, 0.1) is 12.7 Å². The van der Waals surface area contributed by atoms with Crippen LogP contribution in [0.5, 0.6) is 0 Å². The van der Waals surface area contributed by atoms with Gasteiger partial charge in [-0.3, -0.25) is 9.69 Å². The van der Waals surface area contributed by atoms with Crippen LogP contribution in [0.4, 0.5) is 0 Å². The van der Waals surface area contributed by atoms with Crippen molar-refractivity contribution in [2.75, 3.05) is 26.2 Å². The fraction of sp³-hybridized carbons (Fsp3) is 0.875. The van der Waals surface area contributed by atoms with E-state index in [-0.39, 0.29) is 0 Å². The number of rotatable bonds is 3. The summed E-state index contributed by atoms with van der Waals surface area (Å²) in [7, 11) is 0. The fourth-order valence-electron chi connectivity index (χ4n) is 1.69. The lowest BCUT2D eigenvalue weighted by Crippen LogP contribution is -2.46. The molecule has 13 heavy (non-hydrogen) atoms. The number of aliphatic hydroxyl groups is 1. The first kappa shape index (κ1) is 8.93. The Kier molecular flexibility index (Phi) is 2.02. The van der Waals surface area contributed by atoms with E-state index in [9.17, 15) is 9.90 Å². The van der Waals surface area contributed by atoms with E-state index in [1.807, 2.05) is 4.90 Å². The molecule has 5 nitrogen and oxygen atoms in total. The minimum atomic E-state index is -1.31. The molecule has 1 amide bonds. The molecule has 3 N–H and O–H groups in total. The molecule has 2 saturated heterocycles. The smallest absolute Gasteiger partial charge is 0.250 e. The van der Waals surface area contributed by atoms with Crippen molar-refractivity contribution in [2.45, 2.75) is 18.1 Å². The van der Waals surface area contributed by atoms with Gasteiger partial charge in [0, 0.05) is 19.6 Å². The molecule has 2 aliphatic heterocycles. The van der Waals surface area contributed by atoms with Gasteiger partial charge in [-0.1, -0.05) is 0 Å². The monoisotopic (exact) mass is 186 g/mol. The quantitative estimate of drug-likeness (QED) is 0.515. The van der Waals surface area contributed by atoms with E-state index in [2.05, 4.69) is 0 Å². The molecule has 2 heterocycles. The number of carbonyl (C=O) groups is 1. The molecule has 2 aliphatic rings. The molecule has 5 heteroatoms. The van der Waals surface area contributed by atoms with Crippen molar-refractivity contribution < 1.29 is 14.6 Å². The van der Waals surface area contributed by atoms with Gasteiger partial charge in [0.1, 0.15) is 0 Å². The molecule has 0 radical (unpaired) electrons. The number of primary amides is 1. The standard InChI is InChI=1S/C8H14N2O3/c9-7(11)8(12)1-2-10(5-8)3-6-4-13-6/h6,12H,1-5H2,(H2,9,11)/t6-,8?/m1/s1. The summed E-state index contributed by atoms with van der Waals surface area (Å²) < 4.78 is 5.06. The average molecular weight is 186 g/mol. The Morgan fingerprint density at radius 1 is 1.77 bits per heavy atom. The summed E-state index contributed by atoms with van der Waals surface area (Å²) in [4.78, 5) is 12.9. The van der Waals surface area contributed by atoms with Gasteiger partial charge in [-0.25, -0.2) is 0 Å². The second-order valence-corrected chi connectivity index (χ2v) is 3.84. The maximum atomic E-state index is 10.9. The second-order valence-electron chi connectivity index (χ2n) is 3.84. The molecule has 0 aromatic rings. The van der Waals surface area contributed by atoms with Crippen molar-refractivity contribution in [2.24, 2.45) is 5.73 Å². The van der Waals surface area contributed by atoms with E-state index < -0.39 is 11.5 Å². The molecule has 0 bridgehead atoms. The van der Waals surface area contributed by atoms with Crippen LogP contribution >= 0.6 is 0 Å². The zero-order chi connectivity index (χ0) is 9.47. The number of β-amino-alcohol motifs (C(OH)–C–C–N with tert-alkyl or cyclic N) is 1. The lowest BCUT2D eigenvalue weighted by atomic mass is 10.0. The van der Waals surface area contributed by atoms with E-state index >= 15 is 0 Å². The molecule has 0 spiro atoms. The van der Waals surface area contributed by atoms with Gasteiger partial charge in [-0.15, -0.1) is 0 Å². The fourth-order valence-corrected chi connectivity index (χ4v) is 1.69. The average Bonchev–Trinajstić information content (AvgIpc) is 2.76. The number of nitrogens with two attached hydrogens (primary N) is 1. The van der Waals surface area contributed by atoms with Gasteiger partial charge in [-0.05, 0) is 6.42 Å². The van der Waals surface area contributed by atoms with Crippen molar-refractivity contribution in [3.8, 4) is 0 Å². The SMILES string of the molecule is NC(=O)C1(O)CCN(C[C@@H]2CO2)C1. The number of amides is 1. The highest BCUT2D eigenvalue weighted by Gasteiger charge is 2.42. The summed E-state index contributed by atoms with van der Waals surface area (Å²) in [6.07, 6.45) is 0.741. The molecule has 0 aromatic carbocycles. The van der Waals surface area contributed by atoms with E-state index in [1.54, 1.807) is 0 Å². The Morgan fingerprint density at radius 3 is 2.92 bits per heavy atom. The van der Waals surface area contributed by atoms with E-state index in [0.29, 0.717) is 19.1 Å². The van der Waals surface area contributed by atoms with Crippen LogP contribution in [0.1, 0.15) is 6.42 Å². The van der Waals surface area contributed by atoms with Crippen LogP contribution in [0, 0.1) is 0 Å². The Labute approximate surface area is 76.5 Å². The zero-order valence-electron chi connectivity index (χ0n) is 7.40. The Hall–Kier alpha value is -0.650. The third-order valence-corrected chi connectivity index (χ3v) is 2.65. The van der Waals surface area contributed by atoms with Crippen LogP contribution in [-0.2, 0) is 9.53 Å². The Morgan fingerprint density at radius 2 is 2.46 bits per heavy atom. The third kappa shape index (κ3) is 1.82. The molecule has 0 aliphatic carbocycles. The number of carbonyl (C=O) groups excluding carboxylic acids is 1. The Balaban J connectivity index is 1.88. The van der Waals surface area contributed by atoms with Gasteiger partial charge < -0.3 is 15.6 Å². The third-order valence-electron chi connectivity index (χ3n) is 2.65. The highest BCUT2D eigenvalue weighted by Crippen LogP contribution is 2.23. The van der Waals surface area contributed by atoms with E-state index in [4.69, 9.17) is 10.5 Å². The molecule has 2 fully saturated rings. The topological polar surface area (TPSA) is 79.1 Å². The molecule has 2 rings (SSSR count). The number of nitrogens with zero attached hydrogens (tertiary/aromatic N) is 1. The lowest BCUT2D eigenvalue weighted by molar-refractivity contribution is -0.134. The van der Waals surface area contributed by atoms with Gasteiger partial charge in [0.15, 0.2) is 5.60 Å². The van der Waals surface area contributed by atoms with Crippen LogP contribution in [-0.4, -0.2) is 53.9 Å². The summed E-state index contributed by atoms with van der Waals surface area (Å²) >= 11 is 0. The first-order valence-corrected chi connectivity index (χ1v) is 4.46. The molecule has 1 unspecified atom stereocenters. The first-order chi connectivity index (χ1) is 6.10. The Bertz CT molecular complexity index is 229. The number of hydrogen-bond donors (Lipinski definition) is 2. The van der Waals surface area contributed by atoms with Gasteiger partial charge >= 0.3 is 0 Å². The summed E-state index contributed by atoms with van der Waals surface area (Å²) in [6.45, 7) is 2.67. The van der Waals surface area contributed by atoms with Crippen molar-refractivity contribution in [1.29, 1.82) is 0 Å². The predicted octanol–water partition coefficient (Wildman–Crippen LogP) is -1.69. The highest BCUT2D eigenvalue weighted by atomic mass is 16.6. The van der Waals surface area contributed by atoms with Crippen LogP contribution in [0.3, 0.4) is 0 Å². The van der Waals surface area contributed by atoms with Crippen molar-refractivity contribution in [1.82, 2.24) is 4.90 Å². The molecular weight excluding hydrogens is 172 g/mol. The van der Waals surface area contributed by atoms with E-state index in [1.165, 1.54) is 0 Å². The summed E-state index contributed by atoms with van der Waals surface area (Å²) in [5, 5.41) is 9.72. The summed E-state index contributed by atoms with van der Waals surface area (Å²) in [6, 6.07) is 0. The highest BCUT2D eigenvalue weighted by molar-refractivity contribution is 5.83. The first-order valence-electron chi connectivity index (χ1n) is 4.46. The predicted molar refractivity (Wildman–Crippen MR) is 44.9 cm³/mol. The molecule has 2 atom stereocenters. The summed E-state index contributed by atoms with van der Waals surface area (Å²) in [5.41, 5.74) is 3.78. The number of hydrogen-bond acceptors (Lipinski definition) is 4. The molecule has 0 saturated carbocycles. The lowest BCUT2D eigenvalue weighted by Gasteiger charge is -2.19. The number of epoxide rings is 1. The maximum absolute atomic E-state index is 10.9. The van der Waals surface area contributed by atoms with Crippen LogP contribution < -0.4 is 5.73 Å². The van der Waals surface area contributed by atoms with Gasteiger partial charge in [-0.2, -0.15) is 0 Å². The van der Waals surface area contributed by atoms with Crippen LogP contribution in [0.25, 0.3) is 0 Å². The van der Waals surface area contributed by atoms with Crippen molar-refractivity contribution in [3.63, 3.8) is 0 Å². The van der Waals surface area contributed by atoms with Gasteiger partial charge in [0.25, 0.3) is 5.91 Å². The number of likely N-dealkylation sites (tertiary alicyclic amines) is 1. The second kappa shape index (κ2) is 2.94. The largest absolute Gasteiger partial charge is 0.379 e. The normalized spacial score (nSPS) is 39.3. The minimum Gasteiger partial charge on any atom is -0.379 e. The van der Waals surface area contributed by atoms with E-state index in [0.717, 1.165) is 19.7 Å². The van der Waals surface area contributed by atoms with Crippen molar-refractivity contribution in [3.05, 3.63) is 0 Å². The van der Waals surface area contributed by atoms with Crippen LogP contribution in [0.15, 0.2) is 0 Å². The zero-order valence-corrected chi connectivity index (χ0v) is 7.40. The van der Waals surface area contributed by atoms with Crippen LogP contribution in [0.2, 0.25) is 0 Å².